The monoisotopic (exact) mass is 257 g/mol. The van der Waals surface area contributed by atoms with Crippen LogP contribution in [0.5, 0.6) is 0 Å². The molecular formula is C14H15N3S. The Kier molecular flexibility index (Phi) is 3.19. The van der Waals surface area contributed by atoms with Gasteiger partial charge in [-0.1, -0.05) is 18.2 Å². The van der Waals surface area contributed by atoms with Gasteiger partial charge in [-0.3, -0.25) is 0 Å². The minimum absolute atomic E-state index is 0.334. The molecule has 1 aliphatic rings. The van der Waals surface area contributed by atoms with Crippen molar-refractivity contribution >= 4 is 17.7 Å². The Labute approximate surface area is 111 Å². The smallest absolute Gasteiger partial charge is 0.222 e. The Balaban J connectivity index is 1.59. The molecule has 1 heterocycles. The second kappa shape index (κ2) is 4.98. The van der Waals surface area contributed by atoms with Crippen LogP contribution in [0.4, 0.5) is 5.95 Å². The maximum atomic E-state index is 4.19. The van der Waals surface area contributed by atoms with E-state index in [0.717, 1.165) is 12.5 Å². The van der Waals surface area contributed by atoms with E-state index in [1.54, 1.807) is 12.4 Å². The van der Waals surface area contributed by atoms with Crippen LogP contribution in [0.25, 0.3) is 0 Å². The first-order chi connectivity index (χ1) is 8.86. The van der Waals surface area contributed by atoms with Crippen LogP contribution in [0.15, 0.2) is 53.7 Å². The van der Waals surface area contributed by atoms with Gasteiger partial charge >= 0.3 is 0 Å². The zero-order valence-corrected chi connectivity index (χ0v) is 10.9. The summed E-state index contributed by atoms with van der Waals surface area (Å²) >= 11 is 1.96. The van der Waals surface area contributed by atoms with Gasteiger partial charge in [0.1, 0.15) is 0 Å². The van der Waals surface area contributed by atoms with Gasteiger partial charge in [-0.15, -0.1) is 11.8 Å². The molecule has 18 heavy (non-hydrogen) atoms. The first-order valence-electron chi connectivity index (χ1n) is 6.11. The first kappa shape index (κ1) is 11.5. The Morgan fingerprint density at radius 2 is 1.78 bits per heavy atom. The second-order valence-corrected chi connectivity index (χ2v) is 6.07. The lowest BCUT2D eigenvalue weighted by Gasteiger charge is -2.15. The molecule has 1 aromatic carbocycles. The van der Waals surface area contributed by atoms with Gasteiger partial charge in [0, 0.05) is 28.6 Å². The Morgan fingerprint density at radius 1 is 1.06 bits per heavy atom. The Bertz CT molecular complexity index is 497. The summed E-state index contributed by atoms with van der Waals surface area (Å²) in [5.74, 6) is 0.720. The third-order valence-corrected chi connectivity index (χ3v) is 4.51. The van der Waals surface area contributed by atoms with Crippen molar-refractivity contribution in [3.8, 4) is 0 Å². The maximum absolute atomic E-state index is 4.19. The summed E-state index contributed by atoms with van der Waals surface area (Å²) in [5.41, 5.74) is 0. The van der Waals surface area contributed by atoms with Crippen molar-refractivity contribution < 1.29 is 0 Å². The number of thioether (sulfide) groups is 1. The summed E-state index contributed by atoms with van der Waals surface area (Å²) < 4.78 is 0.334. The molecule has 0 spiro atoms. The normalized spacial score (nSPS) is 16.2. The van der Waals surface area contributed by atoms with Crippen LogP contribution in [0.2, 0.25) is 0 Å². The lowest BCUT2D eigenvalue weighted by Crippen LogP contribution is -2.18. The van der Waals surface area contributed by atoms with Crippen LogP contribution in [0, 0.1) is 0 Å². The molecule has 3 rings (SSSR count). The van der Waals surface area contributed by atoms with E-state index >= 15 is 0 Å². The van der Waals surface area contributed by atoms with E-state index in [2.05, 4.69) is 45.6 Å². The number of nitrogens with one attached hydrogen (secondary N) is 1. The molecule has 1 aliphatic carbocycles. The van der Waals surface area contributed by atoms with Gasteiger partial charge in [-0.2, -0.15) is 0 Å². The molecule has 0 atom stereocenters. The van der Waals surface area contributed by atoms with Crippen molar-refractivity contribution in [2.45, 2.75) is 22.5 Å². The van der Waals surface area contributed by atoms with Crippen LogP contribution >= 0.6 is 11.8 Å². The number of aromatic nitrogens is 2. The largest absolute Gasteiger partial charge is 0.353 e. The fourth-order valence-electron chi connectivity index (χ4n) is 1.82. The standard InChI is InChI=1S/C14H15N3S/c1-2-5-12(6-3-1)18-14(7-8-14)11-17-13-15-9-4-10-16-13/h1-6,9-10H,7-8,11H2,(H,15,16,17). The molecule has 1 N–H and O–H groups in total. The molecule has 0 bridgehead atoms. The third kappa shape index (κ3) is 2.82. The topological polar surface area (TPSA) is 37.8 Å². The van der Waals surface area contributed by atoms with Gasteiger partial charge in [0.25, 0.3) is 0 Å². The van der Waals surface area contributed by atoms with Crippen molar-refractivity contribution in [3.63, 3.8) is 0 Å². The quantitative estimate of drug-likeness (QED) is 0.892. The fourth-order valence-corrected chi connectivity index (χ4v) is 3.07. The molecule has 1 fully saturated rings. The van der Waals surface area contributed by atoms with E-state index in [4.69, 9.17) is 0 Å². The van der Waals surface area contributed by atoms with E-state index in [9.17, 15) is 0 Å². The summed E-state index contributed by atoms with van der Waals surface area (Å²) in [7, 11) is 0. The minimum Gasteiger partial charge on any atom is -0.353 e. The van der Waals surface area contributed by atoms with Crippen LogP contribution in [-0.2, 0) is 0 Å². The van der Waals surface area contributed by atoms with E-state index in [1.165, 1.54) is 17.7 Å². The molecule has 2 aromatic rings. The average Bonchev–Trinajstić information content (AvgIpc) is 3.19. The molecule has 0 radical (unpaired) electrons. The van der Waals surface area contributed by atoms with E-state index < -0.39 is 0 Å². The van der Waals surface area contributed by atoms with Gasteiger partial charge in [0.05, 0.1) is 0 Å². The van der Waals surface area contributed by atoms with Crippen molar-refractivity contribution in [1.82, 2.24) is 9.97 Å². The van der Waals surface area contributed by atoms with Crippen molar-refractivity contribution in [1.29, 1.82) is 0 Å². The summed E-state index contributed by atoms with van der Waals surface area (Å²) in [6.45, 7) is 0.927. The van der Waals surface area contributed by atoms with Crippen LogP contribution in [0.3, 0.4) is 0 Å². The highest BCUT2D eigenvalue weighted by atomic mass is 32.2. The van der Waals surface area contributed by atoms with Crippen LogP contribution < -0.4 is 5.32 Å². The van der Waals surface area contributed by atoms with E-state index in [0.29, 0.717) is 4.75 Å². The van der Waals surface area contributed by atoms with Gasteiger partial charge in [0.2, 0.25) is 5.95 Å². The predicted octanol–water partition coefficient (Wildman–Crippen LogP) is 3.21. The number of rotatable bonds is 5. The molecule has 92 valence electrons. The van der Waals surface area contributed by atoms with Crippen molar-refractivity contribution in [2.24, 2.45) is 0 Å². The number of benzene rings is 1. The lowest BCUT2D eigenvalue weighted by molar-refractivity contribution is 0.923. The third-order valence-electron chi connectivity index (χ3n) is 3.02. The number of hydrogen-bond acceptors (Lipinski definition) is 4. The molecule has 1 aromatic heterocycles. The average molecular weight is 257 g/mol. The van der Waals surface area contributed by atoms with Crippen LogP contribution in [-0.4, -0.2) is 21.3 Å². The fraction of sp³-hybridized carbons (Fsp3) is 0.286. The second-order valence-electron chi connectivity index (χ2n) is 4.52. The molecule has 4 heteroatoms. The Morgan fingerprint density at radius 3 is 2.44 bits per heavy atom. The molecule has 3 nitrogen and oxygen atoms in total. The summed E-state index contributed by atoms with van der Waals surface area (Å²) in [4.78, 5) is 9.71. The lowest BCUT2D eigenvalue weighted by atomic mass is 10.4. The number of nitrogens with zero attached hydrogens (tertiary/aromatic N) is 2. The zero-order chi connectivity index (χ0) is 12.3. The van der Waals surface area contributed by atoms with Gasteiger partial charge in [-0.25, -0.2) is 9.97 Å². The highest BCUT2D eigenvalue weighted by Crippen LogP contribution is 2.51. The SMILES string of the molecule is c1ccc(SC2(CNc3ncccn3)CC2)cc1. The van der Waals surface area contributed by atoms with Crippen molar-refractivity contribution in [2.75, 3.05) is 11.9 Å². The molecule has 0 amide bonds. The van der Waals surface area contributed by atoms with Crippen molar-refractivity contribution in [3.05, 3.63) is 48.8 Å². The first-order valence-corrected chi connectivity index (χ1v) is 6.93. The van der Waals surface area contributed by atoms with Crippen LogP contribution in [0.1, 0.15) is 12.8 Å². The summed E-state index contributed by atoms with van der Waals surface area (Å²) in [6, 6.07) is 12.4. The van der Waals surface area contributed by atoms with Gasteiger partial charge in [0.15, 0.2) is 0 Å². The highest BCUT2D eigenvalue weighted by molar-refractivity contribution is 8.01. The van der Waals surface area contributed by atoms with E-state index in [-0.39, 0.29) is 0 Å². The van der Waals surface area contributed by atoms with Gasteiger partial charge in [-0.05, 0) is 31.0 Å². The molecule has 0 aliphatic heterocycles. The van der Waals surface area contributed by atoms with E-state index in [1.807, 2.05) is 17.8 Å². The van der Waals surface area contributed by atoms with Gasteiger partial charge < -0.3 is 5.32 Å². The Hall–Kier alpha value is -1.55. The summed E-state index contributed by atoms with van der Waals surface area (Å²) in [6.07, 6.45) is 6.04. The molecular weight excluding hydrogens is 242 g/mol. The minimum atomic E-state index is 0.334. The molecule has 1 saturated carbocycles. The summed E-state index contributed by atoms with van der Waals surface area (Å²) in [5, 5.41) is 3.32. The molecule has 0 unspecified atom stereocenters. The molecule has 0 saturated heterocycles. The maximum Gasteiger partial charge on any atom is 0.222 e. The predicted molar refractivity (Wildman–Crippen MR) is 74.8 cm³/mol. The number of anilines is 1. The number of hydrogen-bond donors (Lipinski definition) is 1. The zero-order valence-electron chi connectivity index (χ0n) is 10.0. The highest BCUT2D eigenvalue weighted by Gasteiger charge is 2.43.